The fraction of sp³-hybridized carbons (Fsp3) is 0.864. The van der Waals surface area contributed by atoms with Crippen LogP contribution in [-0.2, 0) is 9.53 Å². The SMILES string of the molecule is CC(C)(C)C[C@H](NC(=O)N1CCOCC1)C(=O)NC1(C#N)CCN(C(C)(C)C)CC1. The van der Waals surface area contributed by atoms with Crippen LogP contribution in [-0.4, -0.2) is 78.3 Å². The van der Waals surface area contributed by atoms with Gasteiger partial charge in [-0.2, -0.15) is 5.26 Å². The van der Waals surface area contributed by atoms with Gasteiger partial charge in [-0.05, 0) is 45.4 Å². The van der Waals surface area contributed by atoms with Gasteiger partial charge in [0, 0.05) is 31.7 Å². The van der Waals surface area contributed by atoms with Crippen LogP contribution in [0.4, 0.5) is 4.79 Å². The fourth-order valence-electron chi connectivity index (χ4n) is 3.98. The molecule has 0 aromatic heterocycles. The first-order valence-electron chi connectivity index (χ1n) is 11.0. The van der Waals surface area contributed by atoms with E-state index in [-0.39, 0.29) is 22.9 Å². The molecular weight excluding hydrogens is 382 g/mol. The molecule has 0 unspecified atom stereocenters. The zero-order valence-corrected chi connectivity index (χ0v) is 19.5. The number of nitriles is 1. The van der Waals surface area contributed by atoms with Gasteiger partial charge in [0.1, 0.15) is 11.6 Å². The Balaban J connectivity index is 2.07. The normalized spacial score (nSPS) is 21.4. The van der Waals surface area contributed by atoms with Gasteiger partial charge in [0.15, 0.2) is 0 Å². The number of carbonyl (C=O) groups excluding carboxylic acids is 2. The van der Waals surface area contributed by atoms with E-state index in [0.717, 1.165) is 13.1 Å². The molecule has 0 aliphatic carbocycles. The quantitative estimate of drug-likeness (QED) is 0.724. The first-order chi connectivity index (χ1) is 13.9. The number of hydrogen-bond acceptors (Lipinski definition) is 5. The van der Waals surface area contributed by atoms with E-state index in [0.29, 0.717) is 45.6 Å². The number of urea groups is 1. The number of amides is 3. The van der Waals surface area contributed by atoms with Crippen molar-refractivity contribution in [2.75, 3.05) is 39.4 Å². The lowest BCUT2D eigenvalue weighted by atomic mass is 9.84. The number of piperidine rings is 1. The van der Waals surface area contributed by atoms with Crippen LogP contribution in [0.15, 0.2) is 0 Å². The van der Waals surface area contributed by atoms with Crippen molar-refractivity contribution in [3.8, 4) is 6.07 Å². The highest BCUT2D eigenvalue weighted by Crippen LogP contribution is 2.28. The molecule has 2 saturated heterocycles. The average Bonchev–Trinajstić information content (AvgIpc) is 2.66. The number of carbonyl (C=O) groups is 2. The molecular formula is C22H39N5O3. The van der Waals surface area contributed by atoms with E-state index in [2.05, 4.69) is 42.4 Å². The number of nitrogens with one attached hydrogen (secondary N) is 2. The molecule has 0 bridgehead atoms. The lowest BCUT2D eigenvalue weighted by Gasteiger charge is -2.44. The van der Waals surface area contributed by atoms with Crippen molar-refractivity contribution in [1.29, 1.82) is 5.26 Å². The van der Waals surface area contributed by atoms with Crippen molar-refractivity contribution in [3.63, 3.8) is 0 Å². The minimum Gasteiger partial charge on any atom is -0.378 e. The molecule has 2 heterocycles. The van der Waals surface area contributed by atoms with Crippen molar-refractivity contribution in [3.05, 3.63) is 0 Å². The van der Waals surface area contributed by atoms with Crippen molar-refractivity contribution < 1.29 is 14.3 Å². The summed E-state index contributed by atoms with van der Waals surface area (Å²) in [4.78, 5) is 29.9. The van der Waals surface area contributed by atoms with Crippen molar-refractivity contribution >= 4 is 11.9 Å². The number of ether oxygens (including phenoxy) is 1. The Bertz CT molecular complexity index is 645. The number of likely N-dealkylation sites (tertiary alicyclic amines) is 1. The molecule has 2 N–H and O–H groups in total. The third-order valence-corrected chi connectivity index (χ3v) is 5.87. The molecule has 3 amide bonds. The monoisotopic (exact) mass is 421 g/mol. The summed E-state index contributed by atoms with van der Waals surface area (Å²) in [6.45, 7) is 16.1. The molecule has 8 nitrogen and oxygen atoms in total. The van der Waals surface area contributed by atoms with Gasteiger partial charge < -0.3 is 20.3 Å². The number of hydrogen-bond donors (Lipinski definition) is 2. The molecule has 30 heavy (non-hydrogen) atoms. The van der Waals surface area contributed by atoms with E-state index in [1.54, 1.807) is 4.90 Å². The number of rotatable bonds is 4. The zero-order chi connectivity index (χ0) is 22.6. The molecule has 2 aliphatic rings. The molecule has 0 aromatic carbocycles. The molecule has 0 aromatic rings. The molecule has 8 heteroatoms. The summed E-state index contributed by atoms with van der Waals surface area (Å²) in [5.74, 6) is -0.280. The Morgan fingerprint density at radius 3 is 2.10 bits per heavy atom. The van der Waals surface area contributed by atoms with Gasteiger partial charge in [-0.25, -0.2) is 4.79 Å². The van der Waals surface area contributed by atoms with Crippen LogP contribution >= 0.6 is 0 Å². The van der Waals surface area contributed by atoms with Gasteiger partial charge in [-0.1, -0.05) is 20.8 Å². The Labute approximate surface area is 181 Å². The van der Waals surface area contributed by atoms with E-state index in [1.165, 1.54) is 0 Å². The number of morpholine rings is 1. The number of nitrogens with zero attached hydrogens (tertiary/aromatic N) is 3. The highest BCUT2D eigenvalue weighted by Gasteiger charge is 2.40. The molecule has 0 saturated carbocycles. The first-order valence-corrected chi connectivity index (χ1v) is 11.0. The summed E-state index contributed by atoms with van der Waals surface area (Å²) >= 11 is 0. The van der Waals surface area contributed by atoms with E-state index >= 15 is 0 Å². The predicted molar refractivity (Wildman–Crippen MR) is 116 cm³/mol. The van der Waals surface area contributed by atoms with Crippen molar-refractivity contribution in [2.45, 2.75) is 77.9 Å². The smallest absolute Gasteiger partial charge is 0.318 e. The Kier molecular flexibility index (Phi) is 7.75. The lowest BCUT2D eigenvalue weighted by molar-refractivity contribution is -0.125. The summed E-state index contributed by atoms with van der Waals surface area (Å²) < 4.78 is 5.30. The molecule has 2 fully saturated rings. The maximum atomic E-state index is 13.2. The standard InChI is InChI=1S/C22H39N5O3/c1-20(2,3)15-17(24-19(29)26-11-13-30-14-12-26)18(28)25-22(16-23)7-9-27(10-8-22)21(4,5)6/h17H,7-15H2,1-6H3,(H,24,29)(H,25,28)/t17-/m0/s1. The van der Waals surface area contributed by atoms with Crippen LogP contribution in [0, 0.1) is 16.7 Å². The average molecular weight is 422 g/mol. The van der Waals surface area contributed by atoms with Crippen LogP contribution in [0.5, 0.6) is 0 Å². The third-order valence-electron chi connectivity index (χ3n) is 5.87. The summed E-state index contributed by atoms with van der Waals surface area (Å²) in [5, 5.41) is 15.8. The van der Waals surface area contributed by atoms with Gasteiger partial charge in [0.2, 0.25) is 5.91 Å². The first kappa shape index (κ1) is 24.4. The van der Waals surface area contributed by atoms with Gasteiger partial charge in [0.25, 0.3) is 0 Å². The van der Waals surface area contributed by atoms with Crippen LogP contribution in [0.1, 0.15) is 60.8 Å². The fourth-order valence-corrected chi connectivity index (χ4v) is 3.98. The maximum Gasteiger partial charge on any atom is 0.318 e. The zero-order valence-electron chi connectivity index (χ0n) is 19.5. The Morgan fingerprint density at radius 1 is 1.07 bits per heavy atom. The van der Waals surface area contributed by atoms with Crippen LogP contribution in [0.3, 0.4) is 0 Å². The Morgan fingerprint density at radius 2 is 1.63 bits per heavy atom. The highest BCUT2D eigenvalue weighted by atomic mass is 16.5. The topological polar surface area (TPSA) is 97.7 Å². The largest absolute Gasteiger partial charge is 0.378 e. The Hall–Kier alpha value is -1.85. The summed E-state index contributed by atoms with van der Waals surface area (Å²) in [6.07, 6.45) is 1.64. The third kappa shape index (κ3) is 6.85. The molecule has 1 atom stereocenters. The second-order valence-corrected chi connectivity index (χ2v) is 10.7. The van der Waals surface area contributed by atoms with E-state index in [1.807, 2.05) is 20.8 Å². The minimum atomic E-state index is -0.890. The van der Waals surface area contributed by atoms with E-state index in [9.17, 15) is 14.9 Å². The second kappa shape index (κ2) is 9.52. The summed E-state index contributed by atoms with van der Waals surface area (Å²) in [5.41, 5.74) is -1.01. The molecule has 2 aliphatic heterocycles. The summed E-state index contributed by atoms with van der Waals surface area (Å²) in [7, 11) is 0. The molecule has 0 spiro atoms. The minimum absolute atomic E-state index is 0.0343. The van der Waals surface area contributed by atoms with Crippen molar-refractivity contribution in [1.82, 2.24) is 20.4 Å². The van der Waals surface area contributed by atoms with Crippen LogP contribution in [0.2, 0.25) is 0 Å². The molecule has 170 valence electrons. The molecule has 2 rings (SSSR count). The second-order valence-electron chi connectivity index (χ2n) is 10.7. The van der Waals surface area contributed by atoms with Crippen molar-refractivity contribution in [2.24, 2.45) is 5.41 Å². The van der Waals surface area contributed by atoms with Crippen LogP contribution in [0.25, 0.3) is 0 Å². The lowest BCUT2D eigenvalue weighted by Crippen LogP contribution is -2.61. The predicted octanol–water partition coefficient (Wildman–Crippen LogP) is 2.11. The summed E-state index contributed by atoms with van der Waals surface area (Å²) in [6, 6.07) is 1.41. The van der Waals surface area contributed by atoms with Gasteiger partial charge in [-0.3, -0.25) is 9.69 Å². The van der Waals surface area contributed by atoms with Gasteiger partial charge in [0.05, 0.1) is 19.3 Å². The van der Waals surface area contributed by atoms with Crippen LogP contribution < -0.4 is 10.6 Å². The van der Waals surface area contributed by atoms with Gasteiger partial charge in [-0.15, -0.1) is 0 Å². The van der Waals surface area contributed by atoms with E-state index < -0.39 is 11.6 Å². The molecule has 0 radical (unpaired) electrons. The van der Waals surface area contributed by atoms with E-state index in [4.69, 9.17) is 4.74 Å². The maximum absolute atomic E-state index is 13.2. The highest BCUT2D eigenvalue weighted by molar-refractivity contribution is 5.88. The van der Waals surface area contributed by atoms with Gasteiger partial charge >= 0.3 is 6.03 Å².